The first kappa shape index (κ1) is 29.9. The van der Waals surface area contributed by atoms with Gasteiger partial charge >= 0.3 is 0 Å². The van der Waals surface area contributed by atoms with Gasteiger partial charge in [0.25, 0.3) is 5.91 Å². The molecule has 1 aromatic heterocycles. The van der Waals surface area contributed by atoms with E-state index in [0.29, 0.717) is 5.69 Å². The van der Waals surface area contributed by atoms with Gasteiger partial charge in [-0.25, -0.2) is 12.8 Å². The van der Waals surface area contributed by atoms with Crippen molar-refractivity contribution in [3.05, 3.63) is 89.9 Å². The Bertz CT molecular complexity index is 1720. The Morgan fingerprint density at radius 3 is 2.48 bits per heavy atom. The van der Waals surface area contributed by atoms with Crippen LogP contribution in [0.3, 0.4) is 0 Å². The van der Waals surface area contributed by atoms with Crippen molar-refractivity contribution in [2.45, 2.75) is 37.5 Å². The highest BCUT2D eigenvalue weighted by molar-refractivity contribution is 7.89. The summed E-state index contributed by atoms with van der Waals surface area (Å²) in [4.78, 5) is 15.7. The van der Waals surface area contributed by atoms with Crippen LogP contribution in [0.1, 0.15) is 29.9 Å². The van der Waals surface area contributed by atoms with Crippen LogP contribution in [-0.4, -0.2) is 72.1 Å². The number of aromatic nitrogens is 1. The number of para-hydroxylation sites is 1. The lowest BCUT2D eigenvalue weighted by atomic mass is 9.96. The van der Waals surface area contributed by atoms with Crippen LogP contribution in [0.2, 0.25) is 0 Å². The van der Waals surface area contributed by atoms with Gasteiger partial charge in [0.1, 0.15) is 16.4 Å². The normalized spacial score (nSPS) is 18.9. The summed E-state index contributed by atoms with van der Waals surface area (Å²) in [5.41, 5.74) is 3.90. The number of fused-ring (bicyclic) bond motifs is 5. The molecule has 1 aliphatic heterocycles. The van der Waals surface area contributed by atoms with Crippen molar-refractivity contribution in [1.82, 2.24) is 13.8 Å². The molecule has 1 N–H and O–H groups in total. The highest BCUT2D eigenvalue weighted by Crippen LogP contribution is 2.38. The maximum atomic E-state index is 14.5. The summed E-state index contributed by atoms with van der Waals surface area (Å²) in [6.45, 7) is 3.74. The van der Waals surface area contributed by atoms with E-state index in [1.807, 2.05) is 67.1 Å². The molecule has 3 aromatic carbocycles. The summed E-state index contributed by atoms with van der Waals surface area (Å²) in [5, 5.41) is 11.1. The molecule has 0 saturated heterocycles. The first-order chi connectivity index (χ1) is 20.1. The minimum Gasteiger partial charge on any atom is -0.394 e. The number of nitrogens with zero attached hydrogens (tertiary/aromatic N) is 3. The molecule has 0 radical (unpaired) electrons. The maximum Gasteiger partial charge on any atom is 0.271 e. The minimum atomic E-state index is -4.15. The van der Waals surface area contributed by atoms with Crippen LogP contribution < -0.4 is 0 Å². The molecule has 4 aromatic rings. The fourth-order valence-corrected chi connectivity index (χ4v) is 6.94. The number of likely N-dealkylation sites (N-methyl/N-ethyl adjacent to an activating group) is 1. The number of hydrogen-bond donors (Lipinski definition) is 1. The fourth-order valence-electron chi connectivity index (χ4n) is 5.70. The van der Waals surface area contributed by atoms with Crippen LogP contribution in [0.25, 0.3) is 22.0 Å². The molecule has 0 fully saturated rings. The number of amides is 1. The lowest BCUT2D eigenvalue weighted by molar-refractivity contribution is -0.0147. The van der Waals surface area contributed by atoms with Gasteiger partial charge in [0.05, 0.1) is 25.4 Å². The summed E-state index contributed by atoms with van der Waals surface area (Å²) in [7, 11) is -0.883. The molecule has 0 unspecified atom stereocenters. The molecule has 42 heavy (non-hydrogen) atoms. The Labute approximate surface area is 246 Å². The van der Waals surface area contributed by atoms with E-state index in [1.54, 1.807) is 11.8 Å². The van der Waals surface area contributed by atoms with E-state index >= 15 is 0 Å². The highest BCUT2D eigenvalue weighted by Gasteiger charge is 2.35. The van der Waals surface area contributed by atoms with Gasteiger partial charge in [-0.2, -0.15) is 4.31 Å². The van der Waals surface area contributed by atoms with Gasteiger partial charge in [0, 0.05) is 49.6 Å². The standard InChI is InChI=1S/C32H36FN3O5S/c1-21-17-36(22(2)19-37)32(38)31-30(25-13-7-9-15-27(25)35(31)4)24-12-6-5-11-23(24)20-41-28(21)18-34(3)42(39,40)29-16-10-8-14-26(29)33/h5-16,21-22,28,37H,17-20H2,1-4H3/t21-,22+,28-/m0/s1. The third-order valence-electron chi connectivity index (χ3n) is 8.19. The lowest BCUT2D eigenvalue weighted by Crippen LogP contribution is -2.48. The average molecular weight is 594 g/mol. The molecule has 0 saturated carbocycles. The van der Waals surface area contributed by atoms with Crippen LogP contribution >= 0.6 is 0 Å². The van der Waals surface area contributed by atoms with E-state index in [1.165, 1.54) is 25.2 Å². The van der Waals surface area contributed by atoms with Gasteiger partial charge in [-0.05, 0) is 36.2 Å². The molecular weight excluding hydrogens is 557 g/mol. The molecule has 8 nitrogen and oxygen atoms in total. The van der Waals surface area contributed by atoms with E-state index in [0.717, 1.165) is 38.0 Å². The van der Waals surface area contributed by atoms with Crippen molar-refractivity contribution in [2.75, 3.05) is 26.7 Å². The molecule has 1 aliphatic rings. The SMILES string of the molecule is C[C@H](CO)N1C[C@H](C)[C@H](CN(C)S(=O)(=O)c2ccccc2F)OCc2ccccc2-c2c(n(C)c3ccccc23)C1=O. The van der Waals surface area contributed by atoms with Crippen molar-refractivity contribution >= 4 is 26.8 Å². The second kappa shape index (κ2) is 12.0. The second-order valence-corrected chi connectivity index (χ2v) is 13.0. The third-order valence-corrected chi connectivity index (χ3v) is 10.0. The first-order valence-corrected chi connectivity index (χ1v) is 15.4. The maximum absolute atomic E-state index is 14.5. The third kappa shape index (κ3) is 5.35. The summed E-state index contributed by atoms with van der Waals surface area (Å²) < 4.78 is 50.6. The quantitative estimate of drug-likeness (QED) is 0.351. The van der Waals surface area contributed by atoms with Gasteiger partial charge in [-0.15, -0.1) is 0 Å². The Morgan fingerprint density at radius 2 is 1.74 bits per heavy atom. The smallest absolute Gasteiger partial charge is 0.271 e. The zero-order valence-corrected chi connectivity index (χ0v) is 25.0. The van der Waals surface area contributed by atoms with Crippen molar-refractivity contribution in [1.29, 1.82) is 0 Å². The van der Waals surface area contributed by atoms with Gasteiger partial charge in [0.15, 0.2) is 0 Å². The Kier molecular flexibility index (Phi) is 8.52. The predicted molar refractivity (Wildman–Crippen MR) is 160 cm³/mol. The summed E-state index contributed by atoms with van der Waals surface area (Å²) >= 11 is 0. The van der Waals surface area contributed by atoms with E-state index in [9.17, 15) is 22.7 Å². The Balaban J connectivity index is 1.61. The van der Waals surface area contributed by atoms with Crippen molar-refractivity contribution < 1.29 is 27.4 Å². The number of aryl methyl sites for hydroxylation is 1. The van der Waals surface area contributed by atoms with Crippen LogP contribution in [0.5, 0.6) is 0 Å². The first-order valence-electron chi connectivity index (χ1n) is 14.0. The number of benzene rings is 3. The average Bonchev–Trinajstić information content (AvgIpc) is 3.28. The van der Waals surface area contributed by atoms with Gasteiger partial charge in [0.2, 0.25) is 10.0 Å². The number of halogens is 1. The van der Waals surface area contributed by atoms with Crippen LogP contribution in [0.15, 0.2) is 77.7 Å². The molecule has 0 aliphatic carbocycles. The molecule has 2 heterocycles. The van der Waals surface area contributed by atoms with Crippen LogP contribution in [0, 0.1) is 11.7 Å². The minimum absolute atomic E-state index is 0.0641. The second-order valence-electron chi connectivity index (χ2n) is 11.0. The molecule has 10 heteroatoms. The number of aliphatic hydroxyl groups is 1. The Hall–Kier alpha value is -3.57. The van der Waals surface area contributed by atoms with E-state index in [4.69, 9.17) is 4.74 Å². The molecule has 1 amide bonds. The highest BCUT2D eigenvalue weighted by atomic mass is 32.2. The topological polar surface area (TPSA) is 92.1 Å². The molecule has 0 spiro atoms. The summed E-state index contributed by atoms with van der Waals surface area (Å²) in [6, 6.07) is 20.3. The van der Waals surface area contributed by atoms with Crippen molar-refractivity contribution in [2.24, 2.45) is 13.0 Å². The molecule has 222 valence electrons. The molecular formula is C32H36FN3O5S. The van der Waals surface area contributed by atoms with Crippen LogP contribution in [-0.2, 0) is 28.4 Å². The predicted octanol–water partition coefficient (Wildman–Crippen LogP) is 4.66. The number of rotatable bonds is 6. The number of aliphatic hydroxyl groups excluding tert-OH is 1. The van der Waals surface area contributed by atoms with Gasteiger partial charge in [-0.3, -0.25) is 4.79 Å². The zero-order chi connectivity index (χ0) is 30.2. The Morgan fingerprint density at radius 1 is 1.07 bits per heavy atom. The zero-order valence-electron chi connectivity index (χ0n) is 24.2. The largest absolute Gasteiger partial charge is 0.394 e. The number of hydrogen-bond acceptors (Lipinski definition) is 5. The van der Waals surface area contributed by atoms with Crippen LogP contribution in [0.4, 0.5) is 4.39 Å². The molecule has 0 bridgehead atoms. The van der Waals surface area contributed by atoms with Crippen molar-refractivity contribution in [3.8, 4) is 11.1 Å². The number of ether oxygens (including phenoxy) is 1. The molecule has 3 atom stereocenters. The van der Waals surface area contributed by atoms with Gasteiger partial charge in [-0.1, -0.05) is 61.5 Å². The van der Waals surface area contributed by atoms with E-state index < -0.39 is 32.9 Å². The fraction of sp³-hybridized carbons (Fsp3) is 0.344. The number of carbonyl (C=O) groups excluding carboxylic acids is 1. The monoisotopic (exact) mass is 593 g/mol. The van der Waals surface area contributed by atoms with E-state index in [-0.39, 0.29) is 38.1 Å². The van der Waals surface area contributed by atoms with E-state index in [2.05, 4.69) is 0 Å². The van der Waals surface area contributed by atoms with Crippen molar-refractivity contribution in [3.63, 3.8) is 0 Å². The lowest BCUT2D eigenvalue weighted by Gasteiger charge is -2.35. The number of carbonyl (C=O) groups is 1. The molecule has 5 rings (SSSR count). The summed E-state index contributed by atoms with van der Waals surface area (Å²) in [6.07, 6.45) is -0.649. The summed E-state index contributed by atoms with van der Waals surface area (Å²) in [5.74, 6) is -1.40. The number of sulfonamides is 1. The van der Waals surface area contributed by atoms with Gasteiger partial charge < -0.3 is 19.3 Å².